The average molecular weight is 315 g/mol. The van der Waals surface area contributed by atoms with Crippen LogP contribution in [0.2, 0.25) is 10.0 Å². The molecule has 0 aliphatic rings. The Morgan fingerprint density at radius 1 is 1.28 bits per heavy atom. The maximum absolute atomic E-state index is 12.0. The van der Waals surface area contributed by atoms with Crippen LogP contribution in [0, 0.1) is 0 Å². The van der Waals surface area contributed by atoms with Gasteiger partial charge in [-0.15, -0.1) is 0 Å². The number of carbonyl (C=O) groups is 1. The second-order valence-corrected chi connectivity index (χ2v) is 6.32. The van der Waals surface area contributed by atoms with Crippen molar-refractivity contribution < 1.29 is 22.7 Å². The number of sulfone groups is 1. The summed E-state index contributed by atoms with van der Waals surface area (Å²) in [5.41, 5.74) is -0.361. The predicted octanol–water partition coefficient (Wildman–Crippen LogP) is 2.82. The van der Waals surface area contributed by atoms with E-state index in [0.717, 1.165) is 12.1 Å². The molecule has 18 heavy (non-hydrogen) atoms. The molecule has 100 valence electrons. The molecule has 0 unspecified atom stereocenters. The highest BCUT2D eigenvalue weighted by Crippen LogP contribution is 2.29. The van der Waals surface area contributed by atoms with E-state index in [0.29, 0.717) is 0 Å². The van der Waals surface area contributed by atoms with Crippen molar-refractivity contribution in [3.8, 4) is 0 Å². The van der Waals surface area contributed by atoms with E-state index in [1.54, 1.807) is 0 Å². The Labute approximate surface area is 113 Å². The van der Waals surface area contributed by atoms with E-state index in [1.165, 1.54) is 0 Å². The Morgan fingerprint density at radius 2 is 1.89 bits per heavy atom. The molecule has 0 saturated carbocycles. The van der Waals surface area contributed by atoms with Gasteiger partial charge in [-0.2, -0.15) is 0 Å². The molecule has 1 N–H and O–H groups in total. The summed E-state index contributed by atoms with van der Waals surface area (Å²) < 4.78 is 35.6. The number of carboxylic acids is 1. The standard InChI is InChI=1S/C10H9Cl2FO4S/c11-7-5-8(12)9(4-6(7)10(14)15)18(16,17)3-1-2-13/h4-5H,1-3H2,(H,14,15). The van der Waals surface area contributed by atoms with Gasteiger partial charge in [0.15, 0.2) is 9.84 Å². The van der Waals surface area contributed by atoms with Gasteiger partial charge in [0, 0.05) is 0 Å². The van der Waals surface area contributed by atoms with Gasteiger partial charge in [-0.3, -0.25) is 4.39 Å². The minimum Gasteiger partial charge on any atom is -0.478 e. The molecule has 0 atom stereocenters. The lowest BCUT2D eigenvalue weighted by Crippen LogP contribution is -2.10. The van der Waals surface area contributed by atoms with Gasteiger partial charge in [0.2, 0.25) is 0 Å². The minimum atomic E-state index is -3.82. The van der Waals surface area contributed by atoms with E-state index in [1.807, 2.05) is 0 Å². The number of carboxylic acid groups (broad SMARTS) is 1. The summed E-state index contributed by atoms with van der Waals surface area (Å²) in [5, 5.41) is 8.51. The lowest BCUT2D eigenvalue weighted by molar-refractivity contribution is 0.0697. The van der Waals surface area contributed by atoms with Gasteiger partial charge in [-0.05, 0) is 18.6 Å². The maximum atomic E-state index is 12.0. The van der Waals surface area contributed by atoms with Crippen LogP contribution in [-0.2, 0) is 9.84 Å². The summed E-state index contributed by atoms with van der Waals surface area (Å²) in [6, 6.07) is 1.94. The van der Waals surface area contributed by atoms with E-state index in [4.69, 9.17) is 28.3 Å². The fourth-order valence-corrected chi connectivity index (χ4v) is 3.47. The third-order valence-corrected chi connectivity index (χ3v) is 4.71. The van der Waals surface area contributed by atoms with Gasteiger partial charge < -0.3 is 5.11 Å². The number of benzene rings is 1. The molecule has 4 nitrogen and oxygen atoms in total. The van der Waals surface area contributed by atoms with Crippen LogP contribution >= 0.6 is 23.2 Å². The van der Waals surface area contributed by atoms with Crippen molar-refractivity contribution in [1.29, 1.82) is 0 Å². The zero-order chi connectivity index (χ0) is 13.9. The summed E-state index contributed by atoms with van der Waals surface area (Å²) in [6.45, 7) is -0.782. The summed E-state index contributed by atoms with van der Waals surface area (Å²) in [7, 11) is -3.82. The molecule has 0 saturated heterocycles. The van der Waals surface area contributed by atoms with Crippen LogP contribution < -0.4 is 0 Å². The van der Waals surface area contributed by atoms with Gasteiger partial charge in [0.25, 0.3) is 0 Å². The first-order valence-corrected chi connectivity index (χ1v) is 7.21. The van der Waals surface area contributed by atoms with Gasteiger partial charge in [-0.1, -0.05) is 23.2 Å². The first kappa shape index (κ1) is 15.2. The van der Waals surface area contributed by atoms with Crippen LogP contribution in [0.4, 0.5) is 4.39 Å². The molecule has 1 rings (SSSR count). The molecule has 0 aromatic heterocycles. The largest absolute Gasteiger partial charge is 0.478 e. The van der Waals surface area contributed by atoms with E-state index in [9.17, 15) is 17.6 Å². The lowest BCUT2D eigenvalue weighted by atomic mass is 10.2. The fourth-order valence-electron chi connectivity index (χ4n) is 1.29. The van der Waals surface area contributed by atoms with Crippen molar-refractivity contribution in [1.82, 2.24) is 0 Å². The topological polar surface area (TPSA) is 71.4 Å². The molecule has 0 fully saturated rings. The second kappa shape index (κ2) is 5.86. The minimum absolute atomic E-state index is 0.156. The quantitative estimate of drug-likeness (QED) is 0.907. The number of hydrogen-bond donors (Lipinski definition) is 1. The molecule has 0 spiro atoms. The Morgan fingerprint density at radius 3 is 2.39 bits per heavy atom. The van der Waals surface area contributed by atoms with Crippen molar-refractivity contribution in [3.63, 3.8) is 0 Å². The number of rotatable bonds is 5. The molecule has 0 aliphatic heterocycles. The van der Waals surface area contributed by atoms with Crippen molar-refractivity contribution in [3.05, 3.63) is 27.7 Å². The number of hydrogen-bond acceptors (Lipinski definition) is 3. The van der Waals surface area contributed by atoms with Gasteiger partial charge in [0.1, 0.15) is 0 Å². The van der Waals surface area contributed by atoms with E-state index >= 15 is 0 Å². The van der Waals surface area contributed by atoms with Crippen LogP contribution in [0.1, 0.15) is 16.8 Å². The highest BCUT2D eigenvalue weighted by Gasteiger charge is 2.22. The van der Waals surface area contributed by atoms with Crippen molar-refractivity contribution in [2.75, 3.05) is 12.4 Å². The summed E-state index contributed by atoms with van der Waals surface area (Å²) in [5.74, 6) is -1.80. The zero-order valence-electron chi connectivity index (χ0n) is 8.99. The van der Waals surface area contributed by atoms with Crippen LogP contribution in [0.25, 0.3) is 0 Å². The Balaban J connectivity index is 3.33. The molecule has 0 bridgehead atoms. The number of alkyl halides is 1. The van der Waals surface area contributed by atoms with Crippen LogP contribution in [-0.4, -0.2) is 31.9 Å². The fraction of sp³-hybridized carbons (Fsp3) is 0.300. The lowest BCUT2D eigenvalue weighted by Gasteiger charge is -2.08. The summed E-state index contributed by atoms with van der Waals surface area (Å²) in [4.78, 5) is 10.5. The van der Waals surface area contributed by atoms with E-state index in [-0.39, 0.29) is 26.9 Å². The Bertz CT molecular complexity index is 571. The van der Waals surface area contributed by atoms with Crippen molar-refractivity contribution >= 4 is 39.0 Å². The Hall–Kier alpha value is -0.850. The first-order chi connectivity index (χ1) is 8.29. The van der Waals surface area contributed by atoms with Crippen LogP contribution in [0.3, 0.4) is 0 Å². The molecular weight excluding hydrogens is 306 g/mol. The highest BCUT2D eigenvalue weighted by atomic mass is 35.5. The van der Waals surface area contributed by atoms with Crippen LogP contribution in [0.5, 0.6) is 0 Å². The van der Waals surface area contributed by atoms with E-state index < -0.39 is 28.2 Å². The molecule has 8 heteroatoms. The SMILES string of the molecule is O=C(O)c1cc(S(=O)(=O)CCCF)c(Cl)cc1Cl. The molecule has 0 aliphatic carbocycles. The monoisotopic (exact) mass is 314 g/mol. The predicted molar refractivity (Wildman–Crippen MR) is 66.1 cm³/mol. The molecule has 0 heterocycles. The zero-order valence-corrected chi connectivity index (χ0v) is 11.3. The molecule has 0 amide bonds. The number of aromatic carboxylic acids is 1. The first-order valence-electron chi connectivity index (χ1n) is 4.80. The third-order valence-electron chi connectivity index (χ3n) is 2.13. The van der Waals surface area contributed by atoms with E-state index in [2.05, 4.69) is 0 Å². The normalized spacial score (nSPS) is 11.5. The molecule has 1 aromatic carbocycles. The summed E-state index contributed by atoms with van der Waals surface area (Å²) in [6.07, 6.45) is -0.177. The Kier molecular flexibility index (Phi) is 4.95. The molecule has 0 radical (unpaired) electrons. The summed E-state index contributed by atoms with van der Waals surface area (Å²) >= 11 is 11.4. The highest BCUT2D eigenvalue weighted by molar-refractivity contribution is 7.91. The van der Waals surface area contributed by atoms with Gasteiger partial charge in [-0.25, -0.2) is 13.2 Å². The third kappa shape index (κ3) is 3.34. The van der Waals surface area contributed by atoms with Crippen molar-refractivity contribution in [2.45, 2.75) is 11.3 Å². The molecule has 1 aromatic rings. The van der Waals surface area contributed by atoms with Crippen molar-refractivity contribution in [2.24, 2.45) is 0 Å². The smallest absolute Gasteiger partial charge is 0.337 e. The number of halogens is 3. The maximum Gasteiger partial charge on any atom is 0.337 e. The average Bonchev–Trinajstić information content (AvgIpc) is 2.25. The van der Waals surface area contributed by atoms with Gasteiger partial charge >= 0.3 is 5.97 Å². The second-order valence-electron chi connectivity index (χ2n) is 3.43. The molecular formula is C10H9Cl2FO4S. The van der Waals surface area contributed by atoms with Crippen LogP contribution in [0.15, 0.2) is 17.0 Å². The van der Waals surface area contributed by atoms with Gasteiger partial charge in [0.05, 0.1) is 32.9 Å².